The fourth-order valence-electron chi connectivity index (χ4n) is 2.12. The molecule has 6 nitrogen and oxygen atoms in total. The van der Waals surface area contributed by atoms with Crippen molar-refractivity contribution in [2.75, 3.05) is 0 Å². The molecule has 6 heteroatoms. The van der Waals surface area contributed by atoms with E-state index in [9.17, 15) is 9.59 Å². The second-order valence-electron chi connectivity index (χ2n) is 5.10. The van der Waals surface area contributed by atoms with Crippen molar-refractivity contribution in [1.82, 2.24) is 15.1 Å². The summed E-state index contributed by atoms with van der Waals surface area (Å²) in [6, 6.07) is 8.94. The number of nitrogens with zero attached hydrogens (tertiary/aromatic N) is 2. The second kappa shape index (κ2) is 5.78. The lowest BCUT2D eigenvalue weighted by Gasteiger charge is -2.28. The zero-order valence-electron chi connectivity index (χ0n) is 12.0. The fraction of sp³-hybridized carbons (Fsp3) is 0.267. The maximum atomic E-state index is 12.2. The minimum absolute atomic E-state index is 0.142. The van der Waals surface area contributed by atoms with E-state index >= 15 is 0 Å². The summed E-state index contributed by atoms with van der Waals surface area (Å²) < 4.78 is 1.62. The third-order valence-electron chi connectivity index (χ3n) is 3.36. The van der Waals surface area contributed by atoms with E-state index in [1.54, 1.807) is 55.3 Å². The highest BCUT2D eigenvalue weighted by Gasteiger charge is 2.34. The van der Waals surface area contributed by atoms with Gasteiger partial charge in [0.2, 0.25) is 11.8 Å². The third kappa shape index (κ3) is 3.28. The number of carbonyl (C=O) groups excluding carboxylic acids is 2. The van der Waals surface area contributed by atoms with Crippen LogP contribution in [0.3, 0.4) is 0 Å². The molecular formula is C15H18N4O2. The van der Waals surface area contributed by atoms with Crippen LogP contribution >= 0.6 is 0 Å². The van der Waals surface area contributed by atoms with E-state index in [-0.39, 0.29) is 12.3 Å². The number of primary amides is 1. The molecule has 3 N–H and O–H groups in total. The number of aromatic nitrogens is 2. The van der Waals surface area contributed by atoms with Crippen LogP contribution in [0.2, 0.25) is 0 Å². The molecule has 110 valence electrons. The average molecular weight is 286 g/mol. The maximum Gasteiger partial charge on any atom is 0.247 e. The van der Waals surface area contributed by atoms with Gasteiger partial charge in [-0.3, -0.25) is 14.3 Å². The fourth-order valence-corrected chi connectivity index (χ4v) is 2.12. The molecule has 0 aliphatic carbocycles. The van der Waals surface area contributed by atoms with E-state index in [1.807, 2.05) is 6.07 Å². The standard InChI is InChI=1S/C15H18N4O2/c1-15(14(16)21,12-6-4-3-5-7-12)18-13(20)8-11-9-17-19(2)10-11/h3-7,9-10H,8H2,1-2H3,(H2,16,21)(H,18,20). The first-order valence-electron chi connectivity index (χ1n) is 6.56. The molecule has 0 saturated carbocycles. The number of nitrogens with one attached hydrogen (secondary N) is 1. The number of nitrogens with two attached hydrogens (primary N) is 1. The van der Waals surface area contributed by atoms with Crippen molar-refractivity contribution in [3.63, 3.8) is 0 Å². The Morgan fingerprint density at radius 2 is 2.00 bits per heavy atom. The highest BCUT2D eigenvalue weighted by atomic mass is 16.2. The Hall–Kier alpha value is -2.63. The van der Waals surface area contributed by atoms with Crippen LogP contribution in [-0.2, 0) is 28.6 Å². The molecule has 0 fully saturated rings. The molecule has 1 unspecified atom stereocenters. The molecule has 1 heterocycles. The van der Waals surface area contributed by atoms with Gasteiger partial charge in [-0.1, -0.05) is 30.3 Å². The smallest absolute Gasteiger partial charge is 0.247 e. The van der Waals surface area contributed by atoms with Gasteiger partial charge in [0.15, 0.2) is 0 Å². The van der Waals surface area contributed by atoms with E-state index in [0.717, 1.165) is 5.56 Å². The SMILES string of the molecule is Cn1cc(CC(=O)NC(C)(C(N)=O)c2ccccc2)cn1. The number of aryl methyl sites for hydroxylation is 1. The Kier molecular flexibility index (Phi) is 4.07. The lowest BCUT2D eigenvalue weighted by Crippen LogP contribution is -2.53. The quantitative estimate of drug-likeness (QED) is 0.837. The van der Waals surface area contributed by atoms with Crippen LogP contribution in [0.25, 0.3) is 0 Å². The van der Waals surface area contributed by atoms with E-state index < -0.39 is 11.4 Å². The zero-order chi connectivity index (χ0) is 15.5. The van der Waals surface area contributed by atoms with Gasteiger partial charge >= 0.3 is 0 Å². The monoisotopic (exact) mass is 286 g/mol. The van der Waals surface area contributed by atoms with E-state index in [4.69, 9.17) is 5.73 Å². The molecule has 1 aromatic carbocycles. The predicted octanol–water partition coefficient (Wildman–Crippen LogP) is 0.480. The molecule has 2 aromatic rings. The minimum Gasteiger partial charge on any atom is -0.367 e. The van der Waals surface area contributed by atoms with Gasteiger partial charge in [-0.15, -0.1) is 0 Å². The van der Waals surface area contributed by atoms with Crippen LogP contribution in [0.15, 0.2) is 42.7 Å². The summed E-state index contributed by atoms with van der Waals surface area (Å²) >= 11 is 0. The van der Waals surface area contributed by atoms with E-state index in [2.05, 4.69) is 10.4 Å². The van der Waals surface area contributed by atoms with Gasteiger partial charge in [-0.05, 0) is 18.1 Å². The summed E-state index contributed by atoms with van der Waals surface area (Å²) in [5.41, 5.74) is 5.67. The van der Waals surface area contributed by atoms with Crippen LogP contribution in [0, 0.1) is 0 Å². The molecule has 0 saturated heterocycles. The predicted molar refractivity (Wildman–Crippen MR) is 78.0 cm³/mol. The van der Waals surface area contributed by atoms with Gasteiger partial charge in [0.1, 0.15) is 5.54 Å². The molecule has 0 spiro atoms. The number of carbonyl (C=O) groups is 2. The number of hydrogen-bond acceptors (Lipinski definition) is 3. The first-order chi connectivity index (χ1) is 9.91. The van der Waals surface area contributed by atoms with Crippen LogP contribution in [0.4, 0.5) is 0 Å². The second-order valence-corrected chi connectivity index (χ2v) is 5.10. The van der Waals surface area contributed by atoms with Crippen molar-refractivity contribution in [3.05, 3.63) is 53.9 Å². The Balaban J connectivity index is 2.17. The van der Waals surface area contributed by atoms with Crippen LogP contribution < -0.4 is 11.1 Å². The lowest BCUT2D eigenvalue weighted by atomic mass is 9.91. The molecule has 0 aliphatic rings. The molecule has 0 radical (unpaired) electrons. The van der Waals surface area contributed by atoms with Crippen molar-refractivity contribution in [2.24, 2.45) is 12.8 Å². The Bertz CT molecular complexity index is 651. The van der Waals surface area contributed by atoms with E-state index in [1.165, 1.54) is 0 Å². The van der Waals surface area contributed by atoms with Crippen LogP contribution in [0.1, 0.15) is 18.1 Å². The third-order valence-corrected chi connectivity index (χ3v) is 3.36. The van der Waals surface area contributed by atoms with Crippen molar-refractivity contribution >= 4 is 11.8 Å². The molecule has 1 aromatic heterocycles. The van der Waals surface area contributed by atoms with Gasteiger partial charge in [-0.25, -0.2) is 0 Å². The summed E-state index contributed by atoms with van der Waals surface area (Å²) in [7, 11) is 1.78. The normalized spacial score (nSPS) is 13.4. The highest BCUT2D eigenvalue weighted by molar-refractivity contribution is 5.91. The van der Waals surface area contributed by atoms with Gasteiger partial charge in [0.05, 0.1) is 12.6 Å². The molecule has 2 amide bonds. The first kappa shape index (κ1) is 14.8. The number of hydrogen-bond donors (Lipinski definition) is 2. The molecule has 0 aliphatic heterocycles. The Morgan fingerprint density at radius 3 is 2.52 bits per heavy atom. The summed E-state index contributed by atoms with van der Waals surface area (Å²) in [5.74, 6) is -0.888. The van der Waals surface area contributed by atoms with Gasteiger partial charge in [0.25, 0.3) is 0 Å². The van der Waals surface area contributed by atoms with E-state index in [0.29, 0.717) is 5.56 Å². The topological polar surface area (TPSA) is 90.0 Å². The van der Waals surface area contributed by atoms with Gasteiger partial charge in [0, 0.05) is 13.2 Å². The maximum absolute atomic E-state index is 12.2. The molecule has 2 rings (SSSR count). The van der Waals surface area contributed by atoms with Gasteiger partial charge in [-0.2, -0.15) is 5.10 Å². The van der Waals surface area contributed by atoms with Crippen molar-refractivity contribution in [3.8, 4) is 0 Å². The summed E-state index contributed by atoms with van der Waals surface area (Å²) in [6.45, 7) is 1.60. The van der Waals surface area contributed by atoms with Crippen molar-refractivity contribution in [1.29, 1.82) is 0 Å². The van der Waals surface area contributed by atoms with Crippen molar-refractivity contribution in [2.45, 2.75) is 18.9 Å². The van der Waals surface area contributed by atoms with Crippen molar-refractivity contribution < 1.29 is 9.59 Å². The lowest BCUT2D eigenvalue weighted by molar-refractivity contribution is -0.131. The Morgan fingerprint density at radius 1 is 1.33 bits per heavy atom. The molecular weight excluding hydrogens is 268 g/mol. The highest BCUT2D eigenvalue weighted by Crippen LogP contribution is 2.20. The van der Waals surface area contributed by atoms with Crippen LogP contribution in [0.5, 0.6) is 0 Å². The summed E-state index contributed by atoms with van der Waals surface area (Å²) in [6.07, 6.45) is 3.51. The number of benzene rings is 1. The molecule has 21 heavy (non-hydrogen) atoms. The minimum atomic E-state index is -1.24. The Labute approximate surface area is 122 Å². The zero-order valence-corrected chi connectivity index (χ0v) is 12.0. The number of rotatable bonds is 5. The van der Waals surface area contributed by atoms with Crippen LogP contribution in [-0.4, -0.2) is 21.6 Å². The summed E-state index contributed by atoms with van der Waals surface area (Å²) in [4.78, 5) is 24.0. The molecule has 1 atom stereocenters. The summed E-state index contributed by atoms with van der Waals surface area (Å²) in [5, 5.41) is 6.72. The average Bonchev–Trinajstić information content (AvgIpc) is 2.84. The van der Waals surface area contributed by atoms with Gasteiger partial charge < -0.3 is 11.1 Å². The largest absolute Gasteiger partial charge is 0.367 e. The molecule has 0 bridgehead atoms. The first-order valence-corrected chi connectivity index (χ1v) is 6.56. The number of amides is 2.